The molecule has 1 aromatic carbocycles. The summed E-state index contributed by atoms with van der Waals surface area (Å²) in [6.45, 7) is 8.85. The lowest BCUT2D eigenvalue weighted by Gasteiger charge is -2.20. The SMILES string of the molecule is Cc1nn(-c2ccc(Cl)cc2)c(C)c1S(=O)(=O)NC(C)(C)C. The summed E-state index contributed by atoms with van der Waals surface area (Å²) in [5.74, 6) is 0. The molecule has 0 fully saturated rings. The molecule has 0 radical (unpaired) electrons. The number of aromatic nitrogens is 2. The highest BCUT2D eigenvalue weighted by Gasteiger charge is 2.28. The van der Waals surface area contributed by atoms with Crippen LogP contribution in [0, 0.1) is 13.8 Å². The van der Waals surface area contributed by atoms with Crippen molar-refractivity contribution in [3.63, 3.8) is 0 Å². The van der Waals surface area contributed by atoms with Crippen LogP contribution in [0.1, 0.15) is 32.2 Å². The van der Waals surface area contributed by atoms with E-state index < -0.39 is 15.6 Å². The molecule has 120 valence electrons. The highest BCUT2D eigenvalue weighted by atomic mass is 35.5. The van der Waals surface area contributed by atoms with Gasteiger partial charge in [0.05, 0.1) is 17.1 Å². The predicted molar refractivity (Wildman–Crippen MR) is 88.1 cm³/mol. The number of benzene rings is 1. The normalized spacial score (nSPS) is 12.6. The predicted octanol–water partition coefficient (Wildman–Crippen LogP) is 3.22. The smallest absolute Gasteiger partial charge is 0.236 e. The Morgan fingerprint density at radius 2 is 1.68 bits per heavy atom. The molecule has 0 saturated heterocycles. The van der Waals surface area contributed by atoms with Crippen molar-refractivity contribution < 1.29 is 8.42 Å². The Balaban J connectivity index is 2.55. The molecule has 1 N–H and O–H groups in total. The first-order chi connectivity index (χ1) is 10.0. The molecule has 7 heteroatoms. The maximum atomic E-state index is 12.6. The van der Waals surface area contributed by atoms with Gasteiger partial charge in [0.2, 0.25) is 10.0 Å². The van der Waals surface area contributed by atoms with Crippen molar-refractivity contribution in [1.29, 1.82) is 0 Å². The fourth-order valence-corrected chi connectivity index (χ4v) is 4.24. The number of hydrogen-bond acceptors (Lipinski definition) is 3. The molecule has 2 rings (SSSR count). The molecule has 0 amide bonds. The van der Waals surface area contributed by atoms with Gasteiger partial charge in [-0.15, -0.1) is 0 Å². The fourth-order valence-electron chi connectivity index (χ4n) is 2.31. The maximum absolute atomic E-state index is 12.6. The highest BCUT2D eigenvalue weighted by molar-refractivity contribution is 7.89. The Labute approximate surface area is 136 Å². The first-order valence-electron chi connectivity index (χ1n) is 6.87. The van der Waals surface area contributed by atoms with Gasteiger partial charge in [-0.2, -0.15) is 5.10 Å². The van der Waals surface area contributed by atoms with Crippen molar-refractivity contribution in [3.05, 3.63) is 40.7 Å². The number of nitrogens with one attached hydrogen (secondary N) is 1. The standard InChI is InChI=1S/C15H20ClN3O2S/c1-10-14(22(20,21)18-15(3,4)5)11(2)19(17-10)13-8-6-12(16)7-9-13/h6-9,18H,1-5H3. The number of aryl methyl sites for hydroxylation is 1. The molecule has 1 aromatic heterocycles. The number of hydrogen-bond donors (Lipinski definition) is 1. The lowest BCUT2D eigenvalue weighted by Crippen LogP contribution is -2.40. The van der Waals surface area contributed by atoms with Crippen LogP contribution in [-0.2, 0) is 10.0 Å². The van der Waals surface area contributed by atoms with Crippen molar-refractivity contribution in [1.82, 2.24) is 14.5 Å². The van der Waals surface area contributed by atoms with Gasteiger partial charge in [0.15, 0.2) is 0 Å². The van der Waals surface area contributed by atoms with Gasteiger partial charge in [-0.05, 0) is 58.9 Å². The number of nitrogens with zero attached hydrogens (tertiary/aromatic N) is 2. The Morgan fingerprint density at radius 3 is 2.18 bits per heavy atom. The summed E-state index contributed by atoms with van der Waals surface area (Å²) in [5, 5.41) is 4.98. The molecule has 0 aliphatic heterocycles. The Morgan fingerprint density at radius 1 is 1.14 bits per heavy atom. The van der Waals surface area contributed by atoms with Crippen molar-refractivity contribution >= 4 is 21.6 Å². The molecule has 2 aromatic rings. The second-order valence-corrected chi connectivity index (χ2v) is 8.30. The number of sulfonamides is 1. The van der Waals surface area contributed by atoms with E-state index in [4.69, 9.17) is 11.6 Å². The summed E-state index contributed by atoms with van der Waals surface area (Å²) in [4.78, 5) is 0.220. The quantitative estimate of drug-likeness (QED) is 0.932. The molecule has 0 unspecified atom stereocenters. The van der Waals surface area contributed by atoms with E-state index in [9.17, 15) is 8.42 Å². The van der Waals surface area contributed by atoms with Crippen molar-refractivity contribution in [2.24, 2.45) is 0 Å². The zero-order valence-electron chi connectivity index (χ0n) is 13.3. The third-order valence-electron chi connectivity index (χ3n) is 3.01. The lowest BCUT2D eigenvalue weighted by molar-refractivity contribution is 0.491. The van der Waals surface area contributed by atoms with E-state index in [0.29, 0.717) is 16.4 Å². The third-order valence-corrected chi connectivity index (χ3v) is 5.27. The van der Waals surface area contributed by atoms with Gasteiger partial charge in [-0.25, -0.2) is 17.8 Å². The number of halogens is 1. The summed E-state index contributed by atoms with van der Waals surface area (Å²) in [5.41, 5.74) is 1.24. The van der Waals surface area contributed by atoms with Crippen LogP contribution in [0.3, 0.4) is 0 Å². The average Bonchev–Trinajstić information content (AvgIpc) is 2.63. The third kappa shape index (κ3) is 3.51. The number of rotatable bonds is 3. The Kier molecular flexibility index (Phi) is 4.39. The summed E-state index contributed by atoms with van der Waals surface area (Å²) in [7, 11) is -3.63. The molecule has 0 bridgehead atoms. The summed E-state index contributed by atoms with van der Waals surface area (Å²) in [6.07, 6.45) is 0. The highest BCUT2D eigenvalue weighted by Crippen LogP contribution is 2.24. The Bertz CT molecular complexity index is 787. The first kappa shape index (κ1) is 17.0. The fraction of sp³-hybridized carbons (Fsp3) is 0.400. The van der Waals surface area contributed by atoms with Crippen LogP contribution >= 0.6 is 11.6 Å². The lowest BCUT2D eigenvalue weighted by atomic mass is 10.1. The van der Waals surface area contributed by atoms with E-state index >= 15 is 0 Å². The molecule has 0 spiro atoms. The second-order valence-electron chi connectivity index (χ2n) is 6.24. The average molecular weight is 342 g/mol. The van der Waals surface area contributed by atoms with Crippen molar-refractivity contribution in [2.75, 3.05) is 0 Å². The van der Waals surface area contributed by atoms with Gasteiger partial charge in [0.1, 0.15) is 4.90 Å². The van der Waals surface area contributed by atoms with Gasteiger partial charge in [0, 0.05) is 10.6 Å². The molecule has 1 heterocycles. The van der Waals surface area contributed by atoms with Crippen LogP contribution in [0.15, 0.2) is 29.2 Å². The van der Waals surface area contributed by atoms with Gasteiger partial charge in [-0.1, -0.05) is 11.6 Å². The van der Waals surface area contributed by atoms with E-state index in [2.05, 4.69) is 9.82 Å². The largest absolute Gasteiger partial charge is 0.244 e. The summed E-state index contributed by atoms with van der Waals surface area (Å²) in [6, 6.07) is 7.09. The minimum atomic E-state index is -3.63. The molecule has 0 atom stereocenters. The first-order valence-corrected chi connectivity index (χ1v) is 8.73. The monoisotopic (exact) mass is 341 g/mol. The van der Waals surface area contributed by atoms with E-state index in [1.807, 2.05) is 0 Å². The maximum Gasteiger partial charge on any atom is 0.244 e. The van der Waals surface area contributed by atoms with Crippen LogP contribution in [0.2, 0.25) is 5.02 Å². The van der Waals surface area contributed by atoms with E-state index in [-0.39, 0.29) is 4.90 Å². The van der Waals surface area contributed by atoms with E-state index in [0.717, 1.165) is 5.69 Å². The molecule has 0 aliphatic rings. The van der Waals surface area contributed by atoms with Gasteiger partial charge in [-0.3, -0.25) is 0 Å². The van der Waals surface area contributed by atoms with Crippen molar-refractivity contribution in [2.45, 2.75) is 45.1 Å². The Hall–Kier alpha value is -1.37. The molecular weight excluding hydrogens is 322 g/mol. The van der Waals surface area contributed by atoms with Crippen LogP contribution < -0.4 is 4.72 Å². The minimum absolute atomic E-state index is 0.220. The molecule has 22 heavy (non-hydrogen) atoms. The van der Waals surface area contributed by atoms with Gasteiger partial charge >= 0.3 is 0 Å². The van der Waals surface area contributed by atoms with Crippen LogP contribution in [-0.4, -0.2) is 23.7 Å². The van der Waals surface area contributed by atoms with Gasteiger partial charge in [0.25, 0.3) is 0 Å². The van der Waals surface area contributed by atoms with Crippen LogP contribution in [0.25, 0.3) is 5.69 Å². The van der Waals surface area contributed by atoms with Crippen LogP contribution in [0.5, 0.6) is 0 Å². The van der Waals surface area contributed by atoms with E-state index in [1.165, 1.54) is 0 Å². The summed E-state index contributed by atoms with van der Waals surface area (Å²) >= 11 is 5.89. The van der Waals surface area contributed by atoms with E-state index in [1.54, 1.807) is 63.6 Å². The topological polar surface area (TPSA) is 64.0 Å². The zero-order chi connectivity index (χ0) is 16.7. The molecular formula is C15H20ClN3O2S. The van der Waals surface area contributed by atoms with Gasteiger partial charge < -0.3 is 0 Å². The molecule has 0 saturated carbocycles. The van der Waals surface area contributed by atoms with Crippen LogP contribution in [0.4, 0.5) is 0 Å². The van der Waals surface area contributed by atoms with Crippen molar-refractivity contribution in [3.8, 4) is 5.69 Å². The molecule has 0 aliphatic carbocycles. The minimum Gasteiger partial charge on any atom is -0.236 e. The second kappa shape index (κ2) is 5.68. The summed E-state index contributed by atoms with van der Waals surface area (Å²) < 4.78 is 29.5. The zero-order valence-corrected chi connectivity index (χ0v) is 14.9. The molecule has 5 nitrogen and oxygen atoms in total.